The summed E-state index contributed by atoms with van der Waals surface area (Å²) in [4.78, 5) is 11.5. The van der Waals surface area contributed by atoms with Gasteiger partial charge in [-0.15, -0.1) is 0 Å². The zero-order chi connectivity index (χ0) is 11.8. The van der Waals surface area contributed by atoms with Crippen molar-refractivity contribution in [3.05, 3.63) is 6.20 Å². The van der Waals surface area contributed by atoms with E-state index in [0.29, 0.717) is 24.7 Å². The highest BCUT2D eigenvalue weighted by Crippen LogP contribution is 2.27. The van der Waals surface area contributed by atoms with Crippen LogP contribution in [0.3, 0.4) is 0 Å². The smallest absolute Gasteiger partial charge is 0.412 e. The minimum Gasteiger partial charge on any atom is -0.474 e. The number of hydrogen-bond acceptors (Lipinski definition) is 4. The molecule has 0 fully saturated rings. The molecule has 6 heteroatoms. The fourth-order valence-corrected chi connectivity index (χ4v) is 1.41. The molecule has 2 heterocycles. The van der Waals surface area contributed by atoms with Crippen LogP contribution < -0.4 is 10.1 Å². The minimum absolute atomic E-state index is 0.501. The maximum absolute atomic E-state index is 11.5. The normalized spacial score (nSPS) is 14.2. The standard InChI is InChI=1S/C10H15N3O3/c1-10(2,3)16-9(14)12-7-6-11-13-4-5-15-8(7)13/h6H,4-5H2,1-3H3,(H,12,14). The van der Waals surface area contributed by atoms with Crippen LogP contribution in [0.25, 0.3) is 0 Å². The first kappa shape index (κ1) is 10.8. The predicted molar refractivity (Wildman–Crippen MR) is 57.6 cm³/mol. The van der Waals surface area contributed by atoms with Crippen molar-refractivity contribution in [1.29, 1.82) is 0 Å². The molecule has 0 saturated carbocycles. The van der Waals surface area contributed by atoms with Gasteiger partial charge in [-0.3, -0.25) is 5.32 Å². The number of amides is 1. The molecule has 1 amide bonds. The van der Waals surface area contributed by atoms with Gasteiger partial charge in [0.05, 0.1) is 12.7 Å². The molecular formula is C10H15N3O3. The number of anilines is 1. The number of hydrogen-bond donors (Lipinski definition) is 1. The van der Waals surface area contributed by atoms with Gasteiger partial charge in [0.15, 0.2) is 0 Å². The van der Waals surface area contributed by atoms with Gasteiger partial charge in [-0.05, 0) is 20.8 Å². The molecule has 1 aromatic heterocycles. The van der Waals surface area contributed by atoms with Gasteiger partial charge in [-0.2, -0.15) is 5.10 Å². The molecule has 0 aromatic carbocycles. The van der Waals surface area contributed by atoms with E-state index in [9.17, 15) is 4.79 Å². The summed E-state index contributed by atoms with van der Waals surface area (Å²) in [6.07, 6.45) is 1.05. The summed E-state index contributed by atoms with van der Waals surface area (Å²) in [6, 6.07) is 0. The van der Waals surface area contributed by atoms with Gasteiger partial charge >= 0.3 is 6.09 Å². The third-order valence-corrected chi connectivity index (χ3v) is 1.97. The lowest BCUT2D eigenvalue weighted by Crippen LogP contribution is -2.27. The lowest BCUT2D eigenvalue weighted by Gasteiger charge is -2.19. The Morgan fingerprint density at radius 3 is 3.06 bits per heavy atom. The summed E-state index contributed by atoms with van der Waals surface area (Å²) in [5.41, 5.74) is 0.0353. The van der Waals surface area contributed by atoms with Crippen LogP contribution in [0.2, 0.25) is 0 Å². The molecule has 0 radical (unpaired) electrons. The molecule has 0 spiro atoms. The first-order valence-electron chi connectivity index (χ1n) is 5.14. The van der Waals surface area contributed by atoms with E-state index in [2.05, 4.69) is 10.4 Å². The lowest BCUT2D eigenvalue weighted by atomic mass is 10.2. The number of nitrogens with zero attached hydrogens (tertiary/aromatic N) is 2. The lowest BCUT2D eigenvalue weighted by molar-refractivity contribution is 0.0635. The van der Waals surface area contributed by atoms with E-state index in [0.717, 1.165) is 0 Å². The Kier molecular flexibility index (Phi) is 2.49. The Morgan fingerprint density at radius 1 is 1.62 bits per heavy atom. The fourth-order valence-electron chi connectivity index (χ4n) is 1.41. The summed E-state index contributed by atoms with van der Waals surface area (Å²) in [5.74, 6) is 0.589. The van der Waals surface area contributed by atoms with Gasteiger partial charge in [-0.1, -0.05) is 0 Å². The van der Waals surface area contributed by atoms with Crippen LogP contribution in [0.4, 0.5) is 10.5 Å². The van der Waals surface area contributed by atoms with Gasteiger partial charge < -0.3 is 9.47 Å². The van der Waals surface area contributed by atoms with E-state index in [4.69, 9.17) is 9.47 Å². The van der Waals surface area contributed by atoms with Gasteiger partial charge in [0, 0.05) is 0 Å². The van der Waals surface area contributed by atoms with E-state index in [1.165, 1.54) is 0 Å². The number of carbonyl (C=O) groups excluding carboxylic acids is 1. The first-order chi connectivity index (χ1) is 7.46. The second-order valence-electron chi connectivity index (χ2n) is 4.56. The second-order valence-corrected chi connectivity index (χ2v) is 4.56. The molecule has 1 aromatic rings. The minimum atomic E-state index is -0.513. The molecule has 6 nitrogen and oxygen atoms in total. The number of aromatic nitrogens is 2. The molecular weight excluding hydrogens is 210 g/mol. The fraction of sp³-hybridized carbons (Fsp3) is 0.600. The van der Waals surface area contributed by atoms with Crippen molar-refractivity contribution in [3.8, 4) is 5.88 Å². The van der Waals surface area contributed by atoms with Gasteiger partial charge in [0.1, 0.15) is 17.9 Å². The van der Waals surface area contributed by atoms with Crippen LogP contribution in [-0.4, -0.2) is 28.1 Å². The van der Waals surface area contributed by atoms with E-state index in [-0.39, 0.29) is 0 Å². The van der Waals surface area contributed by atoms with Crippen LogP contribution in [0, 0.1) is 0 Å². The molecule has 1 aliphatic heterocycles. The summed E-state index contributed by atoms with van der Waals surface area (Å²) in [6.45, 7) is 6.74. The summed E-state index contributed by atoms with van der Waals surface area (Å²) >= 11 is 0. The molecule has 0 unspecified atom stereocenters. The summed E-state index contributed by atoms with van der Waals surface area (Å²) in [5, 5.41) is 6.68. The zero-order valence-corrected chi connectivity index (χ0v) is 9.61. The van der Waals surface area contributed by atoms with Crippen molar-refractivity contribution >= 4 is 11.8 Å². The number of ether oxygens (including phenoxy) is 2. The molecule has 0 aliphatic carbocycles. The Labute approximate surface area is 93.5 Å². The van der Waals surface area contributed by atoms with E-state index in [1.807, 2.05) is 20.8 Å². The molecule has 0 atom stereocenters. The Bertz CT molecular complexity index is 406. The highest BCUT2D eigenvalue weighted by molar-refractivity contribution is 5.86. The van der Waals surface area contributed by atoms with Crippen molar-refractivity contribution in [2.24, 2.45) is 0 Å². The number of carbonyl (C=O) groups is 1. The molecule has 0 saturated heterocycles. The quantitative estimate of drug-likeness (QED) is 0.788. The predicted octanol–water partition coefficient (Wildman–Crippen LogP) is 1.62. The van der Waals surface area contributed by atoms with Gasteiger partial charge in [0.2, 0.25) is 5.88 Å². The SMILES string of the molecule is CC(C)(C)OC(=O)Nc1cnn2c1OCC2. The molecule has 2 rings (SSSR count). The van der Waals surface area contributed by atoms with Gasteiger partial charge in [0.25, 0.3) is 0 Å². The largest absolute Gasteiger partial charge is 0.474 e. The highest BCUT2D eigenvalue weighted by atomic mass is 16.6. The van der Waals surface area contributed by atoms with E-state index >= 15 is 0 Å². The molecule has 16 heavy (non-hydrogen) atoms. The third kappa shape index (κ3) is 2.26. The van der Waals surface area contributed by atoms with Crippen LogP contribution in [0.15, 0.2) is 6.20 Å². The van der Waals surface area contributed by atoms with Crippen LogP contribution >= 0.6 is 0 Å². The maximum atomic E-state index is 11.5. The highest BCUT2D eigenvalue weighted by Gasteiger charge is 2.22. The maximum Gasteiger partial charge on any atom is 0.412 e. The average Bonchev–Trinajstić information content (AvgIpc) is 2.66. The van der Waals surface area contributed by atoms with E-state index in [1.54, 1.807) is 10.9 Å². The Morgan fingerprint density at radius 2 is 2.38 bits per heavy atom. The van der Waals surface area contributed by atoms with Crippen molar-refractivity contribution < 1.29 is 14.3 Å². The summed E-state index contributed by atoms with van der Waals surface area (Å²) in [7, 11) is 0. The van der Waals surface area contributed by atoms with Crippen molar-refractivity contribution in [3.63, 3.8) is 0 Å². The molecule has 88 valence electrons. The Hall–Kier alpha value is -1.72. The van der Waals surface area contributed by atoms with Crippen LogP contribution in [0.5, 0.6) is 5.88 Å². The third-order valence-electron chi connectivity index (χ3n) is 1.97. The number of nitrogens with one attached hydrogen (secondary N) is 1. The van der Waals surface area contributed by atoms with Crippen molar-refractivity contribution in [1.82, 2.24) is 9.78 Å². The monoisotopic (exact) mass is 225 g/mol. The molecule has 0 bridgehead atoms. The van der Waals surface area contributed by atoms with Crippen molar-refractivity contribution in [2.75, 3.05) is 11.9 Å². The topological polar surface area (TPSA) is 65.4 Å². The van der Waals surface area contributed by atoms with Gasteiger partial charge in [-0.25, -0.2) is 9.48 Å². The second kappa shape index (κ2) is 3.70. The van der Waals surface area contributed by atoms with Crippen molar-refractivity contribution in [2.45, 2.75) is 32.9 Å². The number of rotatable bonds is 1. The zero-order valence-electron chi connectivity index (χ0n) is 9.61. The number of fused-ring (bicyclic) bond motifs is 1. The van der Waals surface area contributed by atoms with E-state index < -0.39 is 11.7 Å². The summed E-state index contributed by atoms with van der Waals surface area (Å²) < 4.78 is 12.2. The average molecular weight is 225 g/mol. The first-order valence-corrected chi connectivity index (χ1v) is 5.14. The Balaban J connectivity index is 2.02. The molecule has 1 aliphatic rings. The van der Waals surface area contributed by atoms with Crippen LogP contribution in [-0.2, 0) is 11.3 Å². The molecule has 1 N–H and O–H groups in total. The van der Waals surface area contributed by atoms with Crippen LogP contribution in [0.1, 0.15) is 20.8 Å².